The van der Waals surface area contributed by atoms with Crippen LogP contribution in [0.2, 0.25) is 0 Å². The van der Waals surface area contributed by atoms with Crippen LogP contribution in [0.5, 0.6) is 0 Å². The Morgan fingerprint density at radius 2 is 0.887 bits per heavy atom. The van der Waals surface area contributed by atoms with Crippen molar-refractivity contribution in [2.45, 2.75) is 169 Å². The molecule has 1 nitrogen and oxygen atoms in total. The summed E-state index contributed by atoms with van der Waals surface area (Å²) in [6.07, 6.45) is 35.2. The van der Waals surface area contributed by atoms with E-state index in [1.54, 1.807) is 0 Å². The SMILES string of the molecule is C#CC#CC#Cn1c2cc(-c3sc(C)cc3CCCCCCCCCCCC)sc2c2sc(-c3sc(C)cc3CCCCCCCCCCCC)cc21. The number of thiophene rings is 4. The molecule has 0 radical (unpaired) electrons. The van der Waals surface area contributed by atoms with E-state index in [0.29, 0.717) is 0 Å². The Hall–Kier alpha value is -2.72. The van der Waals surface area contributed by atoms with E-state index in [9.17, 15) is 0 Å². The highest BCUT2D eigenvalue weighted by Crippen LogP contribution is 2.48. The minimum absolute atomic E-state index is 1.16. The minimum Gasteiger partial charge on any atom is -0.266 e. The molecule has 5 aromatic rings. The zero-order chi connectivity index (χ0) is 37.3. The molecule has 5 rings (SSSR count). The fraction of sp³-hybridized carbons (Fsp3) is 0.542. The van der Waals surface area contributed by atoms with Gasteiger partial charge in [0, 0.05) is 47.1 Å². The van der Waals surface area contributed by atoms with Crippen LogP contribution in [-0.2, 0) is 12.8 Å². The Balaban J connectivity index is 1.30. The predicted molar refractivity (Wildman–Crippen MR) is 242 cm³/mol. The molecule has 0 unspecified atom stereocenters. The second-order valence-corrected chi connectivity index (χ2v) is 19.5. The molecule has 5 heteroatoms. The van der Waals surface area contributed by atoms with Gasteiger partial charge in [0.05, 0.1) is 20.4 Å². The lowest BCUT2D eigenvalue weighted by Crippen LogP contribution is -1.88. The topological polar surface area (TPSA) is 4.93 Å². The smallest absolute Gasteiger partial charge is 0.0748 e. The summed E-state index contributed by atoms with van der Waals surface area (Å²) in [5.74, 6) is 11.0. The average Bonchev–Trinajstić information content (AvgIpc) is 3.97. The van der Waals surface area contributed by atoms with Gasteiger partial charge in [-0.05, 0) is 86.8 Å². The first kappa shape index (κ1) is 41.4. The standard InChI is InChI=1S/C48H61NS4/c1-6-9-12-15-17-19-21-23-25-27-30-39-33-37(4)50-45(39)43-35-41-47(52-43)48-42(49(41)32-29-14-11-8-3)36-44(53-48)46-40(34-38(5)51-46)31-28-26-24-22-20-18-16-13-10-7-2/h3,33-36H,6-7,9-10,12-13,15-28,30-31H2,1-2,4-5H3. The van der Waals surface area contributed by atoms with Crippen molar-refractivity contribution in [3.8, 4) is 55.7 Å². The number of unbranched alkanes of at least 4 members (excludes halogenated alkanes) is 18. The first-order valence-electron chi connectivity index (χ1n) is 20.8. The van der Waals surface area contributed by atoms with Gasteiger partial charge in [0.25, 0.3) is 0 Å². The fourth-order valence-electron chi connectivity index (χ4n) is 7.57. The van der Waals surface area contributed by atoms with E-state index in [0.717, 1.165) is 12.8 Å². The Morgan fingerprint density at radius 1 is 0.491 bits per heavy atom. The van der Waals surface area contributed by atoms with Crippen LogP contribution in [0.25, 0.3) is 39.9 Å². The third-order valence-electron chi connectivity index (χ3n) is 10.4. The molecule has 0 N–H and O–H groups in total. The molecule has 0 fully saturated rings. The highest BCUT2D eigenvalue weighted by Gasteiger charge is 2.22. The molecule has 5 aromatic heterocycles. The van der Waals surface area contributed by atoms with Crippen molar-refractivity contribution in [3.05, 3.63) is 45.1 Å². The number of nitrogens with zero attached hydrogens (tertiary/aromatic N) is 1. The first-order valence-corrected chi connectivity index (χ1v) is 24.0. The summed E-state index contributed by atoms with van der Waals surface area (Å²) in [6, 6.07) is 13.0. The molecule has 0 spiro atoms. The second-order valence-electron chi connectivity index (χ2n) is 14.9. The molecule has 0 saturated carbocycles. The maximum absolute atomic E-state index is 5.41. The fourth-order valence-corrected chi connectivity index (χ4v) is 12.4. The Bertz CT molecular complexity index is 1900. The quantitative estimate of drug-likeness (QED) is 0.0434. The summed E-state index contributed by atoms with van der Waals surface area (Å²) in [5.41, 5.74) is 5.41. The Labute approximate surface area is 338 Å². The van der Waals surface area contributed by atoms with E-state index in [1.807, 2.05) is 45.3 Å². The van der Waals surface area contributed by atoms with Gasteiger partial charge in [-0.15, -0.1) is 51.8 Å². The number of hydrogen-bond donors (Lipinski definition) is 0. The zero-order valence-corrected chi connectivity index (χ0v) is 36.3. The second kappa shape index (κ2) is 22.6. The largest absolute Gasteiger partial charge is 0.266 e. The van der Waals surface area contributed by atoms with Gasteiger partial charge in [0.2, 0.25) is 0 Å². The molecule has 0 atom stereocenters. The van der Waals surface area contributed by atoms with E-state index in [4.69, 9.17) is 6.42 Å². The molecule has 0 aliphatic heterocycles. The van der Waals surface area contributed by atoms with Crippen molar-refractivity contribution in [2.24, 2.45) is 0 Å². The molecule has 0 aromatic carbocycles. The molecule has 282 valence electrons. The van der Waals surface area contributed by atoms with Crippen molar-refractivity contribution in [3.63, 3.8) is 0 Å². The summed E-state index contributed by atoms with van der Waals surface area (Å²) in [4.78, 5) is 8.43. The van der Waals surface area contributed by atoms with Crippen LogP contribution in [-0.4, -0.2) is 4.57 Å². The van der Waals surface area contributed by atoms with Gasteiger partial charge in [0.1, 0.15) is 0 Å². The van der Waals surface area contributed by atoms with Crippen LogP contribution in [0, 0.1) is 50.0 Å². The molecule has 0 saturated heterocycles. The van der Waals surface area contributed by atoms with Gasteiger partial charge in [-0.1, -0.05) is 129 Å². The van der Waals surface area contributed by atoms with E-state index in [1.165, 1.54) is 189 Å². The molecule has 0 aliphatic rings. The Morgan fingerprint density at radius 3 is 1.28 bits per heavy atom. The molecule has 0 aliphatic carbocycles. The van der Waals surface area contributed by atoms with Gasteiger partial charge < -0.3 is 0 Å². The van der Waals surface area contributed by atoms with Crippen molar-refractivity contribution in [1.29, 1.82) is 0 Å². The van der Waals surface area contributed by atoms with E-state index >= 15 is 0 Å². The molecule has 0 amide bonds. The lowest BCUT2D eigenvalue weighted by Gasteiger charge is -2.04. The highest BCUT2D eigenvalue weighted by atomic mass is 32.1. The van der Waals surface area contributed by atoms with Crippen LogP contribution in [0.4, 0.5) is 0 Å². The summed E-state index contributed by atoms with van der Waals surface area (Å²) in [5, 5.41) is 0. The van der Waals surface area contributed by atoms with Crippen LogP contribution < -0.4 is 0 Å². The molecular weight excluding hydrogens is 719 g/mol. The maximum Gasteiger partial charge on any atom is 0.0748 e. The summed E-state index contributed by atoms with van der Waals surface area (Å²) >= 11 is 7.79. The number of aryl methyl sites for hydroxylation is 4. The third-order valence-corrected chi connectivity index (χ3v) is 15.3. The number of rotatable bonds is 24. The number of hydrogen-bond acceptors (Lipinski definition) is 4. The predicted octanol–water partition coefficient (Wildman–Crippen LogP) is 16.4. The first-order chi connectivity index (χ1) is 26.0. The monoisotopic (exact) mass is 779 g/mol. The van der Waals surface area contributed by atoms with Crippen LogP contribution >= 0.6 is 45.3 Å². The maximum atomic E-state index is 5.41. The van der Waals surface area contributed by atoms with E-state index in [2.05, 4.69) is 86.3 Å². The van der Waals surface area contributed by atoms with Crippen molar-refractivity contribution in [2.75, 3.05) is 0 Å². The third kappa shape index (κ3) is 12.1. The summed E-state index contributed by atoms with van der Waals surface area (Å²) < 4.78 is 4.86. The summed E-state index contributed by atoms with van der Waals surface area (Å²) in [6.45, 7) is 9.12. The zero-order valence-electron chi connectivity index (χ0n) is 33.0. The molecule has 53 heavy (non-hydrogen) atoms. The van der Waals surface area contributed by atoms with Gasteiger partial charge >= 0.3 is 0 Å². The van der Waals surface area contributed by atoms with E-state index < -0.39 is 0 Å². The molecule has 5 heterocycles. The van der Waals surface area contributed by atoms with Crippen molar-refractivity contribution < 1.29 is 0 Å². The lowest BCUT2D eigenvalue weighted by atomic mass is 10.0. The lowest BCUT2D eigenvalue weighted by molar-refractivity contribution is 0.556. The minimum atomic E-state index is 1.16. The van der Waals surface area contributed by atoms with Crippen LogP contribution in [0.15, 0.2) is 24.3 Å². The number of fused-ring (bicyclic) bond motifs is 3. The van der Waals surface area contributed by atoms with Gasteiger partial charge in [-0.2, -0.15) is 0 Å². The van der Waals surface area contributed by atoms with Crippen LogP contribution in [0.1, 0.15) is 163 Å². The van der Waals surface area contributed by atoms with Crippen LogP contribution in [0.3, 0.4) is 0 Å². The van der Waals surface area contributed by atoms with Gasteiger partial charge in [0.15, 0.2) is 0 Å². The summed E-state index contributed by atoms with van der Waals surface area (Å²) in [7, 11) is 0. The number of terminal acetylenes is 1. The Kier molecular flexibility index (Phi) is 17.7. The van der Waals surface area contributed by atoms with Crippen molar-refractivity contribution >= 4 is 65.8 Å². The van der Waals surface area contributed by atoms with Gasteiger partial charge in [-0.3, -0.25) is 4.57 Å². The molecule has 0 bridgehead atoms. The highest BCUT2D eigenvalue weighted by molar-refractivity contribution is 7.32. The van der Waals surface area contributed by atoms with E-state index in [-0.39, 0.29) is 0 Å². The number of aromatic nitrogens is 1. The van der Waals surface area contributed by atoms with Crippen molar-refractivity contribution in [1.82, 2.24) is 4.57 Å². The molecular formula is C48H61NS4. The van der Waals surface area contributed by atoms with Gasteiger partial charge in [-0.25, -0.2) is 0 Å². The normalized spacial score (nSPS) is 11.2. The average molecular weight is 780 g/mol.